The summed E-state index contributed by atoms with van der Waals surface area (Å²) in [6.07, 6.45) is 7.83. The van der Waals surface area contributed by atoms with Crippen LogP contribution < -0.4 is 10.1 Å². The van der Waals surface area contributed by atoms with E-state index in [1.54, 1.807) is 0 Å². The Morgan fingerprint density at radius 1 is 1.15 bits per heavy atom. The molecule has 4 rings (SSSR count). The van der Waals surface area contributed by atoms with Gasteiger partial charge >= 0.3 is 0 Å². The number of nitrogens with zero attached hydrogens (tertiary/aromatic N) is 2. The van der Waals surface area contributed by atoms with Gasteiger partial charge in [-0.05, 0) is 42.6 Å². The van der Waals surface area contributed by atoms with Crippen molar-refractivity contribution in [2.75, 3.05) is 32.8 Å². The molecule has 180 valence electrons. The molecule has 2 amide bonds. The maximum absolute atomic E-state index is 13.4. The quantitative estimate of drug-likeness (QED) is 0.708. The lowest BCUT2D eigenvalue weighted by Gasteiger charge is -2.38. The van der Waals surface area contributed by atoms with E-state index >= 15 is 0 Å². The number of carbonyl (C=O) groups excluding carboxylic acids is 2. The lowest BCUT2D eigenvalue weighted by Crippen LogP contribution is -2.48. The summed E-state index contributed by atoms with van der Waals surface area (Å²) in [6, 6.07) is 8.50. The molecule has 1 aromatic rings. The molecular weight excluding hydrogens is 414 g/mol. The minimum Gasteiger partial charge on any atom is -0.489 e. The Morgan fingerprint density at radius 3 is 2.70 bits per heavy atom. The largest absolute Gasteiger partial charge is 0.489 e. The average Bonchev–Trinajstić information content (AvgIpc) is 3.55. The van der Waals surface area contributed by atoms with E-state index in [-0.39, 0.29) is 29.1 Å². The molecule has 2 atom stereocenters. The maximum atomic E-state index is 13.4. The van der Waals surface area contributed by atoms with Crippen molar-refractivity contribution >= 4 is 11.8 Å². The van der Waals surface area contributed by atoms with Crippen LogP contribution in [0.15, 0.2) is 36.4 Å². The number of ether oxygens (including phenoxy) is 1. The van der Waals surface area contributed by atoms with Crippen LogP contribution in [0.4, 0.5) is 0 Å². The van der Waals surface area contributed by atoms with Crippen LogP contribution in [-0.2, 0) is 16.1 Å². The van der Waals surface area contributed by atoms with Crippen molar-refractivity contribution < 1.29 is 14.3 Å². The molecule has 2 aliphatic heterocycles. The van der Waals surface area contributed by atoms with Gasteiger partial charge in [-0.3, -0.25) is 14.5 Å². The molecule has 33 heavy (non-hydrogen) atoms. The van der Waals surface area contributed by atoms with Gasteiger partial charge in [0.1, 0.15) is 12.4 Å². The number of nitrogens with one attached hydrogen (secondary N) is 1. The van der Waals surface area contributed by atoms with Gasteiger partial charge in [-0.2, -0.15) is 0 Å². The Labute approximate surface area is 198 Å². The van der Waals surface area contributed by atoms with E-state index in [1.165, 1.54) is 0 Å². The summed E-state index contributed by atoms with van der Waals surface area (Å²) in [5.74, 6) is 1.63. The van der Waals surface area contributed by atoms with Crippen molar-refractivity contribution in [2.45, 2.75) is 59.0 Å². The molecule has 1 saturated carbocycles. The second-order valence-corrected chi connectivity index (χ2v) is 11.2. The van der Waals surface area contributed by atoms with Crippen molar-refractivity contribution in [3.8, 4) is 5.75 Å². The Morgan fingerprint density at radius 2 is 1.94 bits per heavy atom. The van der Waals surface area contributed by atoms with Gasteiger partial charge in [-0.25, -0.2) is 0 Å². The van der Waals surface area contributed by atoms with Gasteiger partial charge in [0.2, 0.25) is 11.8 Å². The van der Waals surface area contributed by atoms with E-state index < -0.39 is 0 Å². The monoisotopic (exact) mass is 453 g/mol. The molecule has 1 aromatic carbocycles. The molecule has 3 aliphatic rings. The van der Waals surface area contributed by atoms with Gasteiger partial charge in [-0.15, -0.1) is 0 Å². The normalized spacial score (nSPS) is 24.7. The highest BCUT2D eigenvalue weighted by Gasteiger charge is 2.33. The van der Waals surface area contributed by atoms with Crippen molar-refractivity contribution in [3.63, 3.8) is 0 Å². The first-order valence-electron chi connectivity index (χ1n) is 12.4. The van der Waals surface area contributed by atoms with Crippen LogP contribution in [0.1, 0.15) is 52.0 Å². The van der Waals surface area contributed by atoms with Gasteiger partial charge in [0.25, 0.3) is 0 Å². The smallest absolute Gasteiger partial charge is 0.236 e. The van der Waals surface area contributed by atoms with Crippen LogP contribution >= 0.6 is 0 Å². The second-order valence-electron chi connectivity index (χ2n) is 11.2. The standard InChI is InChI=1S/C27H39N3O3/c1-27(2,3)19-29-16-22-7-4-5-9-24(22)33-14-6-8-21-17-30(26(32)18-29)13-12-20(21)15-25(31)28-23-10-11-23/h4-9,20-21,23H,10-19H2,1-3H3,(H,28,31)/t20-,21-/m0/s1. The van der Waals surface area contributed by atoms with Crippen LogP contribution in [0.3, 0.4) is 0 Å². The number of fused-ring (bicyclic) bond motifs is 3. The van der Waals surface area contributed by atoms with E-state index in [4.69, 9.17) is 4.74 Å². The van der Waals surface area contributed by atoms with E-state index in [1.807, 2.05) is 23.1 Å². The Balaban J connectivity index is 1.53. The molecule has 2 heterocycles. The van der Waals surface area contributed by atoms with Crippen molar-refractivity contribution in [1.29, 1.82) is 0 Å². The van der Waals surface area contributed by atoms with Crippen LogP contribution in [0.5, 0.6) is 5.75 Å². The summed E-state index contributed by atoms with van der Waals surface area (Å²) in [4.78, 5) is 30.1. The molecule has 1 aliphatic carbocycles. The molecule has 0 aromatic heterocycles. The summed E-state index contributed by atoms with van der Waals surface area (Å²) in [6.45, 7) is 10.4. The number of piperidine rings is 1. The minimum atomic E-state index is 0.0794. The number of carbonyl (C=O) groups is 2. The first kappa shape index (κ1) is 23.8. The van der Waals surface area contributed by atoms with Gasteiger partial charge in [-0.1, -0.05) is 51.1 Å². The molecule has 0 spiro atoms. The predicted octanol–water partition coefficient (Wildman–Crippen LogP) is 3.62. The van der Waals surface area contributed by atoms with E-state index in [0.717, 1.165) is 43.7 Å². The molecule has 0 unspecified atom stereocenters. The lowest BCUT2D eigenvalue weighted by molar-refractivity contribution is -0.135. The highest BCUT2D eigenvalue weighted by molar-refractivity contribution is 5.79. The third-order valence-corrected chi connectivity index (χ3v) is 6.69. The third kappa shape index (κ3) is 7.07. The number of amides is 2. The highest BCUT2D eigenvalue weighted by atomic mass is 16.5. The molecule has 6 heteroatoms. The van der Waals surface area contributed by atoms with Gasteiger partial charge < -0.3 is 15.0 Å². The van der Waals surface area contributed by atoms with Crippen LogP contribution in [0.2, 0.25) is 0 Å². The Bertz CT molecular complexity index is 872. The van der Waals surface area contributed by atoms with Crippen molar-refractivity contribution in [1.82, 2.24) is 15.1 Å². The topological polar surface area (TPSA) is 61.9 Å². The number of hydrogen-bond acceptors (Lipinski definition) is 4. The number of hydrogen-bond donors (Lipinski definition) is 1. The first-order chi connectivity index (χ1) is 15.8. The van der Waals surface area contributed by atoms with E-state index in [9.17, 15) is 9.59 Å². The van der Waals surface area contributed by atoms with Crippen LogP contribution in [-0.4, -0.2) is 60.4 Å². The molecule has 6 nitrogen and oxygen atoms in total. The van der Waals surface area contributed by atoms with Crippen molar-refractivity contribution in [2.24, 2.45) is 17.3 Å². The Kier molecular flexibility index (Phi) is 7.42. The van der Waals surface area contributed by atoms with E-state index in [2.05, 4.69) is 49.2 Å². The minimum absolute atomic E-state index is 0.0794. The highest BCUT2D eigenvalue weighted by Crippen LogP contribution is 2.30. The van der Waals surface area contributed by atoms with Gasteiger partial charge in [0.15, 0.2) is 0 Å². The fraction of sp³-hybridized carbons (Fsp3) is 0.630. The van der Waals surface area contributed by atoms with Crippen molar-refractivity contribution in [3.05, 3.63) is 42.0 Å². The third-order valence-electron chi connectivity index (χ3n) is 6.69. The number of rotatable bonds is 4. The second kappa shape index (κ2) is 10.3. The summed E-state index contributed by atoms with van der Waals surface area (Å²) in [7, 11) is 0. The molecule has 0 radical (unpaired) electrons. The van der Waals surface area contributed by atoms with Crippen LogP contribution in [0, 0.1) is 17.3 Å². The fourth-order valence-electron chi connectivity index (χ4n) is 5.00. The summed E-state index contributed by atoms with van der Waals surface area (Å²) in [5.41, 5.74) is 1.19. The molecule has 2 bridgehead atoms. The fourth-order valence-corrected chi connectivity index (χ4v) is 5.00. The SMILES string of the molecule is CC(C)(C)CN1CC(=O)N2CC[C@@H](CC(=O)NC3CC3)[C@@H](C=CCOc3ccccc3C1)C2. The summed E-state index contributed by atoms with van der Waals surface area (Å²) < 4.78 is 6.13. The molecule has 2 fully saturated rings. The summed E-state index contributed by atoms with van der Waals surface area (Å²) >= 11 is 0. The molecular formula is C27H39N3O3. The number of benzene rings is 1. The van der Waals surface area contributed by atoms with Gasteiger partial charge in [0.05, 0.1) is 6.54 Å². The zero-order chi connectivity index (χ0) is 23.4. The first-order valence-corrected chi connectivity index (χ1v) is 12.4. The maximum Gasteiger partial charge on any atom is 0.236 e. The van der Waals surface area contributed by atoms with Crippen LogP contribution in [0.25, 0.3) is 0 Å². The van der Waals surface area contributed by atoms with Gasteiger partial charge in [0, 0.05) is 44.2 Å². The average molecular weight is 454 g/mol. The molecule has 1 saturated heterocycles. The zero-order valence-corrected chi connectivity index (χ0v) is 20.4. The summed E-state index contributed by atoms with van der Waals surface area (Å²) in [5, 5.41) is 3.12. The van der Waals surface area contributed by atoms with E-state index in [0.29, 0.717) is 38.7 Å². The Hall–Kier alpha value is -2.34. The number of para-hydroxylation sites is 1. The lowest BCUT2D eigenvalue weighted by atomic mass is 9.82. The predicted molar refractivity (Wildman–Crippen MR) is 130 cm³/mol. The zero-order valence-electron chi connectivity index (χ0n) is 20.4. The molecule has 1 N–H and O–H groups in total.